The third kappa shape index (κ3) is 8.97. The maximum absolute atomic E-state index is 14.5. The number of thiazole rings is 1. The maximum Gasteiger partial charge on any atom is 0.266 e. The van der Waals surface area contributed by atoms with Gasteiger partial charge in [0.1, 0.15) is 10.7 Å². The first-order valence-electron chi connectivity index (χ1n) is 10.8. The molecule has 0 radical (unpaired) electrons. The monoisotopic (exact) mass is 523 g/mol. The van der Waals surface area contributed by atoms with Crippen molar-refractivity contribution in [3.05, 3.63) is 34.3 Å². The van der Waals surface area contributed by atoms with E-state index in [9.17, 15) is 17.2 Å². The summed E-state index contributed by atoms with van der Waals surface area (Å²) in [5.74, 6) is 0.0636. The highest BCUT2D eigenvalue weighted by atomic mass is 35.5. The molecular formula is C21H32ClF2N5O2S2. The van der Waals surface area contributed by atoms with Gasteiger partial charge in [-0.25, -0.2) is 17.8 Å². The van der Waals surface area contributed by atoms with Gasteiger partial charge >= 0.3 is 0 Å². The summed E-state index contributed by atoms with van der Waals surface area (Å²) in [6.07, 6.45) is 3.67. The highest BCUT2D eigenvalue weighted by molar-refractivity contribution is 7.93. The van der Waals surface area contributed by atoms with Gasteiger partial charge in [0.05, 0.1) is 16.9 Å². The molecule has 1 aromatic carbocycles. The predicted octanol–water partition coefficient (Wildman–Crippen LogP) is 4.67. The molecule has 0 bridgehead atoms. The topological polar surface area (TPSA) is 109 Å². The molecule has 2 aromatic rings. The van der Waals surface area contributed by atoms with Crippen molar-refractivity contribution in [1.82, 2.24) is 10.3 Å². The highest BCUT2D eigenvalue weighted by Gasteiger charge is 2.23. The Morgan fingerprint density at radius 1 is 1.18 bits per heavy atom. The Bertz CT molecular complexity index is 1000. The molecule has 2 atom stereocenters. The molecule has 0 amide bonds. The molecule has 5 N–H and O–H groups in total. The molecule has 12 heteroatoms. The Morgan fingerprint density at radius 3 is 2.48 bits per heavy atom. The van der Waals surface area contributed by atoms with Gasteiger partial charge in [-0.2, -0.15) is 4.39 Å². The van der Waals surface area contributed by atoms with Gasteiger partial charge in [0.25, 0.3) is 10.0 Å². The number of rotatable bonds is 14. The average molecular weight is 524 g/mol. The number of nitrogens with zero attached hydrogens (tertiary/aromatic N) is 1. The highest BCUT2D eigenvalue weighted by Crippen LogP contribution is 2.30. The third-order valence-corrected chi connectivity index (χ3v) is 7.53. The minimum absolute atomic E-state index is 0.0636. The number of hydrogen-bond donors (Lipinski definition) is 4. The largest absolute Gasteiger partial charge is 0.384 e. The Morgan fingerprint density at radius 2 is 1.88 bits per heavy atom. The third-order valence-electron chi connectivity index (χ3n) is 5.03. The standard InChI is InChI=1S/C21H32ClF2N5O2S2/c1-13(2)8-15(14(3)25)11-26-6-4-5-7-27-18-10-17(23)19(9-16(18)22)33(30,31)29-21-28-12-20(24)32-21/h9-10,12-15,26-27H,4-8,11,25H2,1-3H3,(H,28,29)/t14-,15+/m1/s1. The lowest BCUT2D eigenvalue weighted by molar-refractivity contribution is 0.342. The second kappa shape index (κ2) is 12.8. The average Bonchev–Trinajstić information content (AvgIpc) is 3.11. The molecule has 1 aromatic heterocycles. The zero-order valence-corrected chi connectivity index (χ0v) is 21.4. The molecular weight excluding hydrogens is 492 g/mol. The minimum Gasteiger partial charge on any atom is -0.384 e. The molecule has 0 spiro atoms. The van der Waals surface area contributed by atoms with Gasteiger partial charge in [0.15, 0.2) is 10.3 Å². The van der Waals surface area contributed by atoms with Crippen LogP contribution in [0.4, 0.5) is 19.6 Å². The van der Waals surface area contributed by atoms with Crippen LogP contribution in [0, 0.1) is 22.8 Å². The Hall–Kier alpha value is -1.53. The van der Waals surface area contributed by atoms with E-state index in [1.54, 1.807) is 0 Å². The Labute approximate surface area is 203 Å². The van der Waals surface area contributed by atoms with E-state index in [4.69, 9.17) is 17.3 Å². The van der Waals surface area contributed by atoms with Gasteiger partial charge in [-0.1, -0.05) is 36.8 Å². The van der Waals surface area contributed by atoms with Crippen molar-refractivity contribution in [3.8, 4) is 0 Å². The second-order valence-corrected chi connectivity index (χ2v) is 11.5. The molecule has 0 saturated heterocycles. The normalized spacial score (nSPS) is 13.8. The molecule has 0 aliphatic rings. The van der Waals surface area contributed by atoms with Crippen molar-refractivity contribution in [3.63, 3.8) is 0 Å². The first-order chi connectivity index (χ1) is 15.5. The quantitative estimate of drug-likeness (QED) is 0.268. The van der Waals surface area contributed by atoms with Crippen LogP contribution in [-0.4, -0.2) is 39.1 Å². The minimum atomic E-state index is -4.30. The van der Waals surface area contributed by atoms with E-state index in [-0.39, 0.29) is 16.2 Å². The number of unbranched alkanes of at least 4 members (excludes halogenated alkanes) is 1. The van der Waals surface area contributed by atoms with Crippen molar-refractivity contribution in [2.75, 3.05) is 29.7 Å². The lowest BCUT2D eigenvalue weighted by Crippen LogP contribution is -2.36. The van der Waals surface area contributed by atoms with Crippen LogP contribution >= 0.6 is 22.9 Å². The number of benzene rings is 1. The van der Waals surface area contributed by atoms with Crippen molar-refractivity contribution >= 4 is 43.8 Å². The molecule has 33 heavy (non-hydrogen) atoms. The number of nitrogens with one attached hydrogen (secondary N) is 3. The van der Waals surface area contributed by atoms with E-state index < -0.39 is 25.9 Å². The van der Waals surface area contributed by atoms with Gasteiger partial charge in [-0.15, -0.1) is 0 Å². The van der Waals surface area contributed by atoms with Gasteiger partial charge in [-0.3, -0.25) is 4.72 Å². The van der Waals surface area contributed by atoms with Gasteiger partial charge in [-0.05, 0) is 63.2 Å². The van der Waals surface area contributed by atoms with E-state index >= 15 is 0 Å². The SMILES string of the molecule is CC(C)C[C@@H](CNCCCCNc1cc(F)c(S(=O)(=O)Nc2ncc(F)s2)cc1Cl)[C@@H](C)N. The fraction of sp³-hybridized carbons (Fsp3) is 0.571. The molecule has 2 rings (SSSR count). The van der Waals surface area contributed by atoms with Crippen LogP contribution in [0.5, 0.6) is 0 Å². The van der Waals surface area contributed by atoms with Crippen LogP contribution in [-0.2, 0) is 10.0 Å². The first kappa shape index (κ1) is 27.7. The summed E-state index contributed by atoms with van der Waals surface area (Å²) < 4.78 is 54.4. The molecule has 186 valence electrons. The summed E-state index contributed by atoms with van der Waals surface area (Å²) >= 11 is 6.66. The lowest BCUT2D eigenvalue weighted by Gasteiger charge is -2.23. The van der Waals surface area contributed by atoms with Crippen LogP contribution < -0.4 is 21.1 Å². The van der Waals surface area contributed by atoms with Crippen molar-refractivity contribution < 1.29 is 17.2 Å². The number of aromatic nitrogens is 1. The maximum atomic E-state index is 14.5. The number of hydrogen-bond acceptors (Lipinski definition) is 7. The Kier molecular flexibility index (Phi) is 10.7. The van der Waals surface area contributed by atoms with Gasteiger partial charge in [0.2, 0.25) is 0 Å². The lowest BCUT2D eigenvalue weighted by atomic mass is 9.91. The zero-order chi connectivity index (χ0) is 24.6. The number of anilines is 2. The number of sulfonamides is 1. The van der Waals surface area contributed by atoms with Crippen molar-refractivity contribution in [2.24, 2.45) is 17.6 Å². The molecule has 1 heterocycles. The van der Waals surface area contributed by atoms with E-state index in [2.05, 4.69) is 29.5 Å². The summed E-state index contributed by atoms with van der Waals surface area (Å²) in [4.78, 5) is 2.94. The molecule has 0 fully saturated rings. The van der Waals surface area contributed by atoms with Crippen LogP contribution in [0.3, 0.4) is 0 Å². The zero-order valence-electron chi connectivity index (χ0n) is 19.0. The summed E-state index contributed by atoms with van der Waals surface area (Å²) in [6, 6.07) is 2.20. The first-order valence-corrected chi connectivity index (χ1v) is 13.5. The molecule has 0 aliphatic carbocycles. The van der Waals surface area contributed by atoms with Gasteiger partial charge in [0, 0.05) is 12.6 Å². The number of nitrogens with two attached hydrogens (primary N) is 1. The van der Waals surface area contributed by atoms with E-state index in [0.29, 0.717) is 35.4 Å². The van der Waals surface area contributed by atoms with Crippen LogP contribution in [0.2, 0.25) is 5.02 Å². The molecule has 0 unspecified atom stereocenters. The van der Waals surface area contributed by atoms with Crippen molar-refractivity contribution in [1.29, 1.82) is 0 Å². The summed E-state index contributed by atoms with van der Waals surface area (Å²) in [7, 11) is -4.30. The van der Waals surface area contributed by atoms with Crippen LogP contribution in [0.1, 0.15) is 40.0 Å². The summed E-state index contributed by atoms with van der Waals surface area (Å²) in [5.41, 5.74) is 6.36. The van der Waals surface area contributed by atoms with Crippen LogP contribution in [0.25, 0.3) is 0 Å². The van der Waals surface area contributed by atoms with E-state index in [1.165, 1.54) is 0 Å². The summed E-state index contributed by atoms with van der Waals surface area (Å²) in [5, 5.41) is 5.68. The molecule has 0 saturated carbocycles. The van der Waals surface area contributed by atoms with Crippen molar-refractivity contribution in [2.45, 2.75) is 51.0 Å². The predicted molar refractivity (Wildman–Crippen MR) is 131 cm³/mol. The van der Waals surface area contributed by atoms with Crippen LogP contribution in [0.15, 0.2) is 23.2 Å². The Balaban J connectivity index is 1.82. The smallest absolute Gasteiger partial charge is 0.266 e. The fourth-order valence-electron chi connectivity index (χ4n) is 3.32. The second-order valence-electron chi connectivity index (χ2n) is 8.42. The molecule has 7 nitrogen and oxygen atoms in total. The molecule has 0 aliphatic heterocycles. The fourth-order valence-corrected chi connectivity index (χ4v) is 5.48. The van der Waals surface area contributed by atoms with E-state index in [1.807, 2.05) is 11.6 Å². The summed E-state index contributed by atoms with van der Waals surface area (Å²) in [6.45, 7) is 8.67. The van der Waals surface area contributed by atoms with E-state index in [0.717, 1.165) is 50.7 Å². The number of halogens is 3. The van der Waals surface area contributed by atoms with Gasteiger partial charge < -0.3 is 16.4 Å².